The molecule has 1 aliphatic rings. The van der Waals surface area contributed by atoms with E-state index in [1.807, 2.05) is 6.07 Å². The van der Waals surface area contributed by atoms with Crippen LogP contribution in [0.5, 0.6) is 0 Å². The van der Waals surface area contributed by atoms with E-state index in [9.17, 15) is 9.59 Å². The van der Waals surface area contributed by atoms with Gasteiger partial charge in [0.25, 0.3) is 0 Å². The number of rotatable bonds is 1. The number of fused-ring (bicyclic) bond motifs is 3. The van der Waals surface area contributed by atoms with E-state index in [1.54, 1.807) is 48.0 Å². The Balaban J connectivity index is 2.09. The van der Waals surface area contributed by atoms with E-state index in [1.165, 1.54) is 0 Å². The Kier molecular flexibility index (Phi) is 3.34. The summed E-state index contributed by atoms with van der Waals surface area (Å²) in [6.07, 6.45) is 0. The van der Waals surface area contributed by atoms with Gasteiger partial charge in [-0.25, -0.2) is 4.68 Å². The van der Waals surface area contributed by atoms with Gasteiger partial charge in [0.15, 0.2) is 0 Å². The lowest BCUT2D eigenvalue weighted by molar-refractivity contribution is 0.0815. The third kappa shape index (κ3) is 2.04. The van der Waals surface area contributed by atoms with Gasteiger partial charge in [0, 0.05) is 16.1 Å². The molecule has 0 radical (unpaired) electrons. The summed E-state index contributed by atoms with van der Waals surface area (Å²) >= 11 is 12.3. The molecule has 118 valence electrons. The molecular formula is C18H10Cl2N2O2. The molecule has 2 aromatic carbocycles. The molecular weight excluding hydrogens is 347 g/mol. The Labute approximate surface area is 147 Å². The van der Waals surface area contributed by atoms with E-state index in [-0.39, 0.29) is 0 Å². The van der Waals surface area contributed by atoms with E-state index in [4.69, 9.17) is 23.2 Å². The van der Waals surface area contributed by atoms with Crippen molar-refractivity contribution in [1.29, 1.82) is 0 Å². The normalized spacial score (nSPS) is 13.0. The predicted molar refractivity (Wildman–Crippen MR) is 92.4 cm³/mol. The number of hydrogen-bond acceptors (Lipinski definition) is 3. The monoisotopic (exact) mass is 356 g/mol. The molecule has 4 nitrogen and oxygen atoms in total. The van der Waals surface area contributed by atoms with Crippen LogP contribution < -0.4 is 0 Å². The SMILES string of the molecule is Cc1nn(-c2ccc(Cl)cc2Cl)c2c1C(=O)C(=O)c1ccccc1-2. The first-order valence-electron chi connectivity index (χ1n) is 7.22. The predicted octanol–water partition coefficient (Wildman–Crippen LogP) is 4.53. The summed E-state index contributed by atoms with van der Waals surface area (Å²) in [5, 5.41) is 5.37. The second-order valence-corrected chi connectivity index (χ2v) is 6.36. The summed E-state index contributed by atoms with van der Waals surface area (Å²) in [6, 6.07) is 12.1. The average molecular weight is 357 g/mol. The van der Waals surface area contributed by atoms with E-state index < -0.39 is 11.6 Å². The molecule has 1 heterocycles. The third-order valence-corrected chi connectivity index (χ3v) is 4.60. The molecule has 4 rings (SSSR count). The summed E-state index contributed by atoms with van der Waals surface area (Å²) in [6.45, 7) is 1.71. The zero-order chi connectivity index (χ0) is 17.0. The lowest BCUT2D eigenvalue weighted by Crippen LogP contribution is -2.22. The summed E-state index contributed by atoms with van der Waals surface area (Å²) in [4.78, 5) is 24.9. The van der Waals surface area contributed by atoms with Crippen molar-refractivity contribution < 1.29 is 9.59 Å². The maximum Gasteiger partial charge on any atom is 0.237 e. The Morgan fingerprint density at radius 2 is 1.67 bits per heavy atom. The average Bonchev–Trinajstić information content (AvgIpc) is 2.90. The number of Topliss-reactive ketones (excluding diaryl/α,β-unsaturated/α-hetero) is 2. The van der Waals surface area contributed by atoms with Gasteiger partial charge in [-0.05, 0) is 25.1 Å². The van der Waals surface area contributed by atoms with Crippen LogP contribution in [0.2, 0.25) is 10.0 Å². The van der Waals surface area contributed by atoms with Crippen LogP contribution in [0.4, 0.5) is 0 Å². The highest BCUT2D eigenvalue weighted by atomic mass is 35.5. The van der Waals surface area contributed by atoms with Crippen molar-refractivity contribution in [2.24, 2.45) is 0 Å². The van der Waals surface area contributed by atoms with E-state index >= 15 is 0 Å². The second-order valence-electron chi connectivity index (χ2n) is 5.52. The fraction of sp³-hybridized carbons (Fsp3) is 0.0556. The van der Waals surface area contributed by atoms with Gasteiger partial charge >= 0.3 is 0 Å². The van der Waals surface area contributed by atoms with Crippen LogP contribution in [-0.2, 0) is 0 Å². The molecule has 1 aromatic heterocycles. The number of halogens is 2. The van der Waals surface area contributed by atoms with Gasteiger partial charge in [0.2, 0.25) is 11.6 Å². The fourth-order valence-electron chi connectivity index (χ4n) is 3.00. The fourth-order valence-corrected chi connectivity index (χ4v) is 3.49. The minimum Gasteiger partial charge on any atom is -0.285 e. The molecule has 0 atom stereocenters. The molecule has 0 amide bonds. The maximum atomic E-state index is 12.5. The van der Waals surface area contributed by atoms with Gasteiger partial charge in [0.1, 0.15) is 0 Å². The number of carbonyl (C=O) groups excluding carboxylic acids is 2. The number of benzene rings is 2. The van der Waals surface area contributed by atoms with Crippen LogP contribution in [-0.4, -0.2) is 21.3 Å². The van der Waals surface area contributed by atoms with Crippen LogP contribution in [0.1, 0.15) is 26.4 Å². The van der Waals surface area contributed by atoms with Crippen molar-refractivity contribution in [1.82, 2.24) is 9.78 Å². The largest absolute Gasteiger partial charge is 0.285 e. The Hall–Kier alpha value is -2.43. The number of carbonyl (C=O) groups is 2. The van der Waals surface area contributed by atoms with Crippen molar-refractivity contribution >= 4 is 34.8 Å². The highest BCUT2D eigenvalue weighted by Gasteiger charge is 2.35. The quantitative estimate of drug-likeness (QED) is 0.601. The molecule has 0 bridgehead atoms. The molecule has 0 saturated carbocycles. The minimum atomic E-state index is -0.544. The number of aromatic nitrogens is 2. The summed E-state index contributed by atoms with van der Waals surface area (Å²) in [5.74, 6) is -1.06. The van der Waals surface area contributed by atoms with Gasteiger partial charge in [-0.1, -0.05) is 47.5 Å². The van der Waals surface area contributed by atoms with E-state index in [0.717, 1.165) is 0 Å². The molecule has 0 spiro atoms. The Morgan fingerprint density at radius 3 is 2.38 bits per heavy atom. The molecule has 3 aromatic rings. The van der Waals surface area contributed by atoms with E-state index in [2.05, 4.69) is 5.10 Å². The van der Waals surface area contributed by atoms with Crippen LogP contribution in [0.15, 0.2) is 42.5 Å². The molecule has 0 saturated heterocycles. The lowest BCUT2D eigenvalue weighted by atomic mass is 9.87. The minimum absolute atomic E-state index is 0.324. The zero-order valence-electron chi connectivity index (χ0n) is 12.5. The molecule has 1 aliphatic carbocycles. The molecule has 0 aliphatic heterocycles. The first-order chi connectivity index (χ1) is 11.5. The van der Waals surface area contributed by atoms with Crippen molar-refractivity contribution in [2.75, 3.05) is 0 Å². The number of nitrogens with zero attached hydrogens (tertiary/aromatic N) is 2. The van der Waals surface area contributed by atoms with Gasteiger partial charge in [-0.15, -0.1) is 0 Å². The maximum absolute atomic E-state index is 12.5. The van der Waals surface area contributed by atoms with Crippen LogP contribution in [0.3, 0.4) is 0 Å². The molecule has 24 heavy (non-hydrogen) atoms. The summed E-state index contributed by atoms with van der Waals surface area (Å²) in [7, 11) is 0. The van der Waals surface area contributed by atoms with Crippen molar-refractivity contribution in [2.45, 2.75) is 6.92 Å². The summed E-state index contributed by atoms with van der Waals surface area (Å²) < 4.78 is 1.60. The number of aryl methyl sites for hydroxylation is 1. The van der Waals surface area contributed by atoms with Crippen molar-refractivity contribution in [3.05, 3.63) is 69.3 Å². The highest BCUT2D eigenvalue weighted by molar-refractivity contribution is 6.53. The van der Waals surface area contributed by atoms with Gasteiger partial charge in [-0.2, -0.15) is 5.10 Å². The molecule has 6 heteroatoms. The van der Waals surface area contributed by atoms with Gasteiger partial charge < -0.3 is 0 Å². The Bertz CT molecular complexity index is 1040. The Morgan fingerprint density at radius 1 is 0.958 bits per heavy atom. The molecule has 0 unspecified atom stereocenters. The first-order valence-corrected chi connectivity index (χ1v) is 7.98. The molecule has 0 N–H and O–H groups in total. The van der Waals surface area contributed by atoms with Gasteiger partial charge in [0.05, 0.1) is 27.7 Å². The number of hydrogen-bond donors (Lipinski definition) is 0. The van der Waals surface area contributed by atoms with Crippen molar-refractivity contribution in [3.8, 4) is 16.9 Å². The van der Waals surface area contributed by atoms with Crippen molar-refractivity contribution in [3.63, 3.8) is 0 Å². The lowest BCUT2D eigenvalue weighted by Gasteiger charge is -2.17. The van der Waals surface area contributed by atoms with Crippen LogP contribution in [0.25, 0.3) is 16.9 Å². The van der Waals surface area contributed by atoms with Crippen LogP contribution >= 0.6 is 23.2 Å². The zero-order valence-corrected chi connectivity index (χ0v) is 14.0. The smallest absolute Gasteiger partial charge is 0.237 e. The van der Waals surface area contributed by atoms with Crippen LogP contribution in [0, 0.1) is 6.92 Å². The van der Waals surface area contributed by atoms with Gasteiger partial charge in [-0.3, -0.25) is 9.59 Å². The second kappa shape index (κ2) is 5.30. The van der Waals surface area contributed by atoms with E-state index in [0.29, 0.717) is 43.8 Å². The molecule has 0 fully saturated rings. The summed E-state index contributed by atoms with van der Waals surface area (Å²) in [5.41, 5.74) is 3.04. The topological polar surface area (TPSA) is 52.0 Å². The third-order valence-electron chi connectivity index (χ3n) is 4.06. The standard InChI is InChI=1S/C18H10Cl2N2O2/c1-9-15-16(11-4-2-3-5-12(11)17(23)18(15)24)22(21-9)14-7-6-10(19)8-13(14)20/h2-8H,1H3. The highest BCUT2D eigenvalue weighted by Crippen LogP contribution is 2.38. The first kappa shape index (κ1) is 15.1. The number of ketones is 2.